The normalized spacial score (nSPS) is 18.1. The Morgan fingerprint density at radius 1 is 1.43 bits per heavy atom. The summed E-state index contributed by atoms with van der Waals surface area (Å²) < 4.78 is 1.82. The molecule has 0 fully saturated rings. The summed E-state index contributed by atoms with van der Waals surface area (Å²) in [5, 5.41) is 10.9. The lowest BCUT2D eigenvalue weighted by atomic mass is 9.87. The van der Waals surface area contributed by atoms with Gasteiger partial charge < -0.3 is 14.8 Å². The number of aromatic nitrogens is 3. The zero-order valence-electron chi connectivity index (χ0n) is 13.9. The first kappa shape index (κ1) is 15.5. The molecule has 1 heterocycles. The molecule has 1 aliphatic rings. The molecule has 3 rings (SSSR count). The van der Waals surface area contributed by atoms with Gasteiger partial charge in [-0.2, -0.15) is 0 Å². The highest BCUT2D eigenvalue weighted by molar-refractivity contribution is 5.75. The number of rotatable bonds is 3. The summed E-state index contributed by atoms with van der Waals surface area (Å²) in [6, 6.07) is 8.28. The zero-order chi connectivity index (χ0) is 16.4. The van der Waals surface area contributed by atoms with E-state index >= 15 is 0 Å². The second kappa shape index (κ2) is 6.40. The summed E-state index contributed by atoms with van der Waals surface area (Å²) in [7, 11) is 3.74. The van der Waals surface area contributed by atoms with Gasteiger partial charge in [-0.05, 0) is 37.3 Å². The summed E-state index contributed by atoms with van der Waals surface area (Å²) >= 11 is 0. The molecule has 2 aromatic rings. The van der Waals surface area contributed by atoms with Gasteiger partial charge in [-0.25, -0.2) is 4.79 Å². The molecular weight excluding hydrogens is 290 g/mol. The van der Waals surface area contributed by atoms with Gasteiger partial charge in [0.1, 0.15) is 6.33 Å². The second-order valence-corrected chi connectivity index (χ2v) is 6.19. The summed E-state index contributed by atoms with van der Waals surface area (Å²) in [5.41, 5.74) is 2.62. The Morgan fingerprint density at radius 3 is 2.96 bits per heavy atom. The van der Waals surface area contributed by atoms with Crippen molar-refractivity contribution in [2.45, 2.75) is 38.3 Å². The third-order valence-corrected chi connectivity index (χ3v) is 4.60. The number of carbonyl (C=O) groups is 1. The van der Waals surface area contributed by atoms with E-state index in [0.29, 0.717) is 0 Å². The minimum Gasteiger partial charge on any atom is -0.328 e. The Labute approximate surface area is 136 Å². The molecular formula is C17H23N5O. The van der Waals surface area contributed by atoms with E-state index in [2.05, 4.69) is 33.7 Å². The first-order valence-corrected chi connectivity index (χ1v) is 8.03. The van der Waals surface area contributed by atoms with Crippen molar-refractivity contribution < 1.29 is 4.79 Å². The molecule has 2 unspecified atom stereocenters. The molecule has 2 atom stereocenters. The van der Waals surface area contributed by atoms with Gasteiger partial charge in [0.2, 0.25) is 0 Å². The van der Waals surface area contributed by atoms with E-state index in [4.69, 9.17) is 0 Å². The second-order valence-electron chi connectivity index (χ2n) is 6.19. The van der Waals surface area contributed by atoms with E-state index in [0.717, 1.165) is 25.1 Å². The number of hydrogen-bond donors (Lipinski definition) is 1. The van der Waals surface area contributed by atoms with Crippen LogP contribution in [-0.4, -0.2) is 32.7 Å². The molecule has 1 aromatic heterocycles. The van der Waals surface area contributed by atoms with Gasteiger partial charge in [-0.3, -0.25) is 0 Å². The quantitative estimate of drug-likeness (QED) is 0.947. The molecule has 1 aromatic carbocycles. The predicted octanol–water partition coefficient (Wildman–Crippen LogP) is 2.60. The minimum absolute atomic E-state index is 0.0813. The van der Waals surface area contributed by atoms with Crippen LogP contribution in [0, 0.1) is 0 Å². The number of urea groups is 1. The number of amides is 2. The fourth-order valence-electron chi connectivity index (χ4n) is 3.31. The van der Waals surface area contributed by atoms with Gasteiger partial charge in [0.25, 0.3) is 0 Å². The average molecular weight is 313 g/mol. The topological polar surface area (TPSA) is 63.1 Å². The van der Waals surface area contributed by atoms with E-state index in [9.17, 15) is 4.79 Å². The highest BCUT2D eigenvalue weighted by atomic mass is 16.2. The third-order valence-electron chi connectivity index (χ3n) is 4.60. The van der Waals surface area contributed by atoms with Crippen LogP contribution in [0.4, 0.5) is 4.79 Å². The van der Waals surface area contributed by atoms with E-state index in [1.54, 1.807) is 6.33 Å². The molecule has 6 heteroatoms. The fraction of sp³-hybridized carbons (Fsp3) is 0.471. The number of aryl methyl sites for hydroxylation is 2. The summed E-state index contributed by atoms with van der Waals surface area (Å²) in [6.45, 7) is 1.92. The van der Waals surface area contributed by atoms with E-state index in [1.807, 2.05) is 36.6 Å². The lowest BCUT2D eigenvalue weighted by molar-refractivity contribution is 0.180. The van der Waals surface area contributed by atoms with Crippen molar-refractivity contribution in [3.05, 3.63) is 47.5 Å². The van der Waals surface area contributed by atoms with Crippen LogP contribution in [0.2, 0.25) is 0 Å². The lowest BCUT2D eigenvalue weighted by Gasteiger charge is -2.34. The van der Waals surface area contributed by atoms with Crippen LogP contribution in [0.25, 0.3) is 0 Å². The van der Waals surface area contributed by atoms with Crippen molar-refractivity contribution in [3.8, 4) is 0 Å². The largest absolute Gasteiger partial charge is 0.328 e. The molecule has 0 radical (unpaired) electrons. The van der Waals surface area contributed by atoms with Crippen molar-refractivity contribution in [1.82, 2.24) is 25.0 Å². The molecule has 6 nitrogen and oxygen atoms in total. The Morgan fingerprint density at radius 2 is 2.22 bits per heavy atom. The van der Waals surface area contributed by atoms with Crippen LogP contribution in [0.3, 0.4) is 0 Å². The first-order valence-electron chi connectivity index (χ1n) is 8.03. The van der Waals surface area contributed by atoms with Crippen LogP contribution < -0.4 is 5.32 Å². The van der Waals surface area contributed by atoms with Crippen molar-refractivity contribution in [2.75, 3.05) is 7.05 Å². The van der Waals surface area contributed by atoms with Gasteiger partial charge in [0.05, 0.1) is 12.1 Å². The maximum Gasteiger partial charge on any atom is 0.318 e. The summed E-state index contributed by atoms with van der Waals surface area (Å²) in [4.78, 5) is 14.4. The van der Waals surface area contributed by atoms with Crippen molar-refractivity contribution >= 4 is 6.03 Å². The molecule has 122 valence electrons. The highest BCUT2D eigenvalue weighted by Gasteiger charge is 2.27. The van der Waals surface area contributed by atoms with Crippen molar-refractivity contribution in [1.29, 1.82) is 0 Å². The monoisotopic (exact) mass is 313 g/mol. The maximum atomic E-state index is 12.6. The van der Waals surface area contributed by atoms with Gasteiger partial charge in [-0.1, -0.05) is 24.3 Å². The number of nitrogens with one attached hydrogen (secondary N) is 1. The maximum absolute atomic E-state index is 12.6. The number of carbonyl (C=O) groups excluding carboxylic acids is 1. The molecule has 2 amide bonds. The summed E-state index contributed by atoms with van der Waals surface area (Å²) in [5.74, 6) is 0.746. The van der Waals surface area contributed by atoms with Gasteiger partial charge in [0.15, 0.2) is 5.82 Å². The van der Waals surface area contributed by atoms with E-state index < -0.39 is 0 Å². The molecule has 0 saturated heterocycles. The van der Waals surface area contributed by atoms with E-state index in [1.165, 1.54) is 11.1 Å². The lowest BCUT2D eigenvalue weighted by Crippen LogP contribution is -2.42. The summed E-state index contributed by atoms with van der Waals surface area (Å²) in [6.07, 6.45) is 4.84. The molecule has 0 bridgehead atoms. The van der Waals surface area contributed by atoms with Crippen molar-refractivity contribution in [2.24, 2.45) is 7.05 Å². The van der Waals surface area contributed by atoms with Gasteiger partial charge in [-0.15, -0.1) is 10.2 Å². The fourth-order valence-corrected chi connectivity index (χ4v) is 3.31. The van der Waals surface area contributed by atoms with Crippen LogP contribution >= 0.6 is 0 Å². The molecule has 0 spiro atoms. The molecule has 0 saturated carbocycles. The number of nitrogens with zero attached hydrogens (tertiary/aromatic N) is 4. The molecule has 1 N–H and O–H groups in total. The van der Waals surface area contributed by atoms with Gasteiger partial charge in [0, 0.05) is 14.1 Å². The third kappa shape index (κ3) is 3.06. The Kier molecular flexibility index (Phi) is 4.32. The van der Waals surface area contributed by atoms with Crippen LogP contribution in [-0.2, 0) is 13.5 Å². The Bertz CT molecular complexity index is 696. The van der Waals surface area contributed by atoms with Gasteiger partial charge >= 0.3 is 6.03 Å². The van der Waals surface area contributed by atoms with Crippen molar-refractivity contribution in [3.63, 3.8) is 0 Å². The molecule has 1 aliphatic carbocycles. The number of fused-ring (bicyclic) bond motifs is 1. The highest BCUT2D eigenvalue weighted by Crippen LogP contribution is 2.33. The molecule has 0 aliphatic heterocycles. The standard InChI is InChI=1S/C17H23N5O/c1-12(16-20-18-11-21(16)2)19-17(23)22(3)15-10-6-8-13-7-4-5-9-14(13)15/h4-5,7,9,11-12,15H,6,8,10H2,1-3H3,(H,19,23). The smallest absolute Gasteiger partial charge is 0.318 e. The molecule has 23 heavy (non-hydrogen) atoms. The average Bonchev–Trinajstić information content (AvgIpc) is 2.99. The van der Waals surface area contributed by atoms with Crippen LogP contribution in [0.15, 0.2) is 30.6 Å². The minimum atomic E-state index is -0.184. The zero-order valence-corrected chi connectivity index (χ0v) is 13.9. The van der Waals surface area contributed by atoms with E-state index in [-0.39, 0.29) is 18.1 Å². The Balaban J connectivity index is 1.72. The first-order chi connectivity index (χ1) is 11.1. The predicted molar refractivity (Wildman–Crippen MR) is 87.8 cm³/mol. The number of hydrogen-bond acceptors (Lipinski definition) is 3. The van der Waals surface area contributed by atoms with Crippen LogP contribution in [0.5, 0.6) is 0 Å². The SMILES string of the molecule is CC(NC(=O)N(C)C1CCCc2ccccc21)c1nncn1C. The van der Waals surface area contributed by atoms with Crippen LogP contribution in [0.1, 0.15) is 48.8 Å². The Hall–Kier alpha value is -2.37. The number of benzene rings is 1.